The number of aliphatic hydroxyl groups excluding tert-OH is 1. The van der Waals surface area contributed by atoms with Crippen molar-refractivity contribution < 1.29 is 19.5 Å². The van der Waals surface area contributed by atoms with Crippen molar-refractivity contribution in [3.8, 4) is 10.4 Å². The Balaban J connectivity index is 1.37. The van der Waals surface area contributed by atoms with Gasteiger partial charge in [0.15, 0.2) is 5.78 Å². The lowest BCUT2D eigenvalue weighted by molar-refractivity contribution is -0.143. The predicted molar refractivity (Wildman–Crippen MR) is 162 cm³/mol. The Hall–Kier alpha value is -2.66. The lowest BCUT2D eigenvalue weighted by atomic mass is 9.85. The summed E-state index contributed by atoms with van der Waals surface area (Å²) in [5, 5.41) is 13.4. The first-order chi connectivity index (χ1) is 19.5. The standard InChI is InChI=1S/C31H45N5O4S/c1-6-34-13-15-35(16-14-34)19-27(39)33-29(31(3,4)5)30(40)36-18-24(37)17-25(36)26(38)12-9-22-7-10-23(11-8-22)28-21(2)32-20-41-28/h7-8,10-11,20,24-25,29,37H,6,9,12-19H2,1-5H3,(H,33,39)/t24-,25+,29-/m1/s1. The SMILES string of the molecule is CCN1CCN(CC(=O)N[C@H](C(=O)N2C[C@H](O)C[C@H]2C(=O)CCc2ccc(-c3scnc3C)cc2)C(C)(C)C)CC1. The molecule has 0 unspecified atom stereocenters. The summed E-state index contributed by atoms with van der Waals surface area (Å²) < 4.78 is 0. The van der Waals surface area contributed by atoms with E-state index in [1.807, 2.05) is 45.3 Å². The summed E-state index contributed by atoms with van der Waals surface area (Å²) in [6, 6.07) is 6.67. The van der Waals surface area contributed by atoms with Crippen molar-refractivity contribution in [2.24, 2.45) is 5.41 Å². The van der Waals surface area contributed by atoms with Gasteiger partial charge in [0.2, 0.25) is 11.8 Å². The number of carbonyl (C=O) groups is 3. The van der Waals surface area contributed by atoms with Crippen LogP contribution in [0.1, 0.15) is 51.8 Å². The number of β-amino-alcohol motifs (C(OH)–C–C–N with tert-alkyl or cyclic N) is 1. The van der Waals surface area contributed by atoms with E-state index in [0.29, 0.717) is 6.42 Å². The maximum atomic E-state index is 13.8. The van der Waals surface area contributed by atoms with Crippen molar-refractivity contribution >= 4 is 28.9 Å². The number of benzene rings is 1. The first-order valence-electron chi connectivity index (χ1n) is 14.7. The topological polar surface area (TPSA) is 106 Å². The number of likely N-dealkylation sites (tertiary alicyclic amines) is 1. The van der Waals surface area contributed by atoms with Gasteiger partial charge in [-0.2, -0.15) is 0 Å². The Morgan fingerprint density at radius 1 is 1.10 bits per heavy atom. The monoisotopic (exact) mass is 583 g/mol. The molecule has 0 spiro atoms. The summed E-state index contributed by atoms with van der Waals surface area (Å²) in [5.74, 6) is -0.561. The van der Waals surface area contributed by atoms with E-state index in [4.69, 9.17) is 0 Å². The van der Waals surface area contributed by atoms with Gasteiger partial charge in [-0.05, 0) is 36.4 Å². The molecule has 0 radical (unpaired) electrons. The third-order valence-electron chi connectivity index (χ3n) is 8.25. The largest absolute Gasteiger partial charge is 0.391 e. The molecule has 10 heteroatoms. The van der Waals surface area contributed by atoms with E-state index in [0.717, 1.165) is 54.4 Å². The van der Waals surface area contributed by atoms with E-state index < -0.39 is 23.6 Å². The van der Waals surface area contributed by atoms with Crippen LogP contribution < -0.4 is 5.32 Å². The molecule has 3 heterocycles. The minimum absolute atomic E-state index is 0.0648. The number of Topliss-reactive ketones (excluding diaryl/α,β-unsaturated/α-hetero) is 1. The van der Waals surface area contributed by atoms with Gasteiger partial charge in [0, 0.05) is 45.6 Å². The van der Waals surface area contributed by atoms with Crippen molar-refractivity contribution in [3.05, 3.63) is 41.0 Å². The number of hydrogen-bond donors (Lipinski definition) is 2. The van der Waals surface area contributed by atoms with Gasteiger partial charge in [-0.15, -0.1) is 11.3 Å². The Morgan fingerprint density at radius 3 is 2.34 bits per heavy atom. The number of rotatable bonds is 10. The average Bonchev–Trinajstić information content (AvgIpc) is 3.55. The fraction of sp³-hybridized carbons (Fsp3) is 0.613. The molecule has 2 aliphatic heterocycles. The zero-order chi connectivity index (χ0) is 29.7. The molecule has 0 bridgehead atoms. The molecule has 1 aromatic heterocycles. The lowest BCUT2D eigenvalue weighted by Crippen LogP contribution is -2.58. The number of amides is 2. The molecular formula is C31H45N5O4S. The first kappa shape index (κ1) is 31.3. The molecule has 2 saturated heterocycles. The summed E-state index contributed by atoms with van der Waals surface area (Å²) in [7, 11) is 0. The Kier molecular flexibility index (Phi) is 10.3. The van der Waals surface area contributed by atoms with Gasteiger partial charge < -0.3 is 20.2 Å². The third-order valence-corrected chi connectivity index (χ3v) is 9.23. The van der Waals surface area contributed by atoms with Gasteiger partial charge in [-0.1, -0.05) is 52.0 Å². The molecule has 2 aromatic rings. The van der Waals surface area contributed by atoms with E-state index >= 15 is 0 Å². The Bertz CT molecular complexity index is 1200. The van der Waals surface area contributed by atoms with E-state index in [2.05, 4.69) is 39.2 Å². The van der Waals surface area contributed by atoms with Crippen LogP contribution >= 0.6 is 11.3 Å². The quantitative estimate of drug-likeness (QED) is 0.443. The number of piperazine rings is 1. The number of thiazole rings is 1. The number of ketones is 1. The molecule has 1 aromatic carbocycles. The fourth-order valence-electron chi connectivity index (χ4n) is 5.69. The molecule has 2 aliphatic rings. The van der Waals surface area contributed by atoms with Crippen LogP contribution in [0.2, 0.25) is 0 Å². The smallest absolute Gasteiger partial charge is 0.246 e. The predicted octanol–water partition coefficient (Wildman–Crippen LogP) is 2.75. The van der Waals surface area contributed by atoms with E-state index in [-0.39, 0.29) is 43.5 Å². The molecule has 41 heavy (non-hydrogen) atoms. The van der Waals surface area contributed by atoms with Crippen molar-refractivity contribution in [3.63, 3.8) is 0 Å². The van der Waals surface area contributed by atoms with Gasteiger partial charge in [0.1, 0.15) is 6.04 Å². The summed E-state index contributed by atoms with van der Waals surface area (Å²) in [4.78, 5) is 51.7. The zero-order valence-corrected chi connectivity index (χ0v) is 25.9. The third kappa shape index (κ3) is 8.00. The summed E-state index contributed by atoms with van der Waals surface area (Å²) >= 11 is 1.61. The lowest BCUT2D eigenvalue weighted by Gasteiger charge is -2.37. The van der Waals surface area contributed by atoms with Crippen molar-refractivity contribution in [1.29, 1.82) is 0 Å². The highest BCUT2D eigenvalue weighted by Gasteiger charge is 2.44. The molecule has 224 valence electrons. The molecule has 9 nitrogen and oxygen atoms in total. The molecule has 3 atom stereocenters. The highest BCUT2D eigenvalue weighted by molar-refractivity contribution is 7.13. The van der Waals surface area contributed by atoms with E-state index in [9.17, 15) is 19.5 Å². The number of carbonyl (C=O) groups excluding carboxylic acids is 3. The second-order valence-corrected chi connectivity index (χ2v) is 13.3. The highest BCUT2D eigenvalue weighted by atomic mass is 32.1. The molecular weight excluding hydrogens is 538 g/mol. The molecule has 4 rings (SSSR count). The van der Waals surface area contributed by atoms with Gasteiger partial charge in [-0.3, -0.25) is 19.3 Å². The first-order valence-corrected chi connectivity index (χ1v) is 15.6. The van der Waals surface area contributed by atoms with Gasteiger partial charge in [-0.25, -0.2) is 4.98 Å². The number of aryl methyl sites for hydroxylation is 2. The maximum absolute atomic E-state index is 13.8. The van der Waals surface area contributed by atoms with Crippen LogP contribution in [-0.2, 0) is 20.8 Å². The number of aliphatic hydroxyl groups is 1. The van der Waals surface area contributed by atoms with Gasteiger partial charge in [0.05, 0.1) is 34.8 Å². The fourth-order valence-corrected chi connectivity index (χ4v) is 6.50. The van der Waals surface area contributed by atoms with Crippen LogP contribution in [0, 0.1) is 12.3 Å². The van der Waals surface area contributed by atoms with E-state index in [1.165, 1.54) is 4.90 Å². The van der Waals surface area contributed by atoms with Gasteiger partial charge in [0.25, 0.3) is 0 Å². The molecule has 0 saturated carbocycles. The van der Waals surface area contributed by atoms with Crippen molar-refractivity contribution in [2.75, 3.05) is 45.8 Å². The Morgan fingerprint density at radius 2 is 1.76 bits per heavy atom. The van der Waals surface area contributed by atoms with Crippen LogP contribution in [0.15, 0.2) is 29.8 Å². The normalized spacial score (nSPS) is 21.2. The second kappa shape index (κ2) is 13.5. The minimum Gasteiger partial charge on any atom is -0.391 e. The zero-order valence-electron chi connectivity index (χ0n) is 25.1. The highest BCUT2D eigenvalue weighted by Crippen LogP contribution is 2.29. The number of likely N-dealkylation sites (N-methyl/N-ethyl adjacent to an activating group) is 1. The summed E-state index contributed by atoms with van der Waals surface area (Å²) in [6.07, 6.45) is 0.290. The number of nitrogens with zero attached hydrogens (tertiary/aromatic N) is 4. The average molecular weight is 584 g/mol. The Labute approximate surface area is 247 Å². The molecule has 2 N–H and O–H groups in total. The van der Waals surface area contributed by atoms with Crippen LogP contribution in [0.5, 0.6) is 0 Å². The number of nitrogens with one attached hydrogen (secondary N) is 1. The number of hydrogen-bond acceptors (Lipinski definition) is 8. The van der Waals surface area contributed by atoms with Crippen LogP contribution in [0.4, 0.5) is 0 Å². The number of aromatic nitrogens is 1. The van der Waals surface area contributed by atoms with Gasteiger partial charge >= 0.3 is 0 Å². The minimum atomic E-state index is -0.796. The van der Waals surface area contributed by atoms with E-state index in [1.54, 1.807) is 11.3 Å². The van der Waals surface area contributed by atoms with Crippen molar-refractivity contribution in [1.82, 2.24) is 25.0 Å². The summed E-state index contributed by atoms with van der Waals surface area (Å²) in [6.45, 7) is 14.7. The molecule has 0 aliphatic carbocycles. The van der Waals surface area contributed by atoms with Crippen LogP contribution in [0.3, 0.4) is 0 Å². The molecule has 2 amide bonds. The maximum Gasteiger partial charge on any atom is 0.246 e. The van der Waals surface area contributed by atoms with Crippen LogP contribution in [-0.4, -0.2) is 106 Å². The molecule has 2 fully saturated rings. The second-order valence-electron chi connectivity index (χ2n) is 12.4. The summed E-state index contributed by atoms with van der Waals surface area (Å²) in [5.41, 5.74) is 4.42. The van der Waals surface area contributed by atoms with Crippen molar-refractivity contribution in [2.45, 2.75) is 72.1 Å². The van der Waals surface area contributed by atoms with Crippen LogP contribution in [0.25, 0.3) is 10.4 Å².